The Balaban J connectivity index is 1.70. The van der Waals surface area contributed by atoms with Crippen molar-refractivity contribution >= 4 is 17.6 Å². The summed E-state index contributed by atoms with van der Waals surface area (Å²) in [6, 6.07) is 14.6. The predicted molar refractivity (Wildman–Crippen MR) is 132 cm³/mol. The molecule has 4 rings (SSSR count). The van der Waals surface area contributed by atoms with Crippen molar-refractivity contribution < 1.29 is 14.3 Å². The van der Waals surface area contributed by atoms with E-state index in [1.54, 1.807) is 24.4 Å². The second-order valence-corrected chi connectivity index (χ2v) is 9.46. The van der Waals surface area contributed by atoms with Gasteiger partial charge in [0.25, 0.3) is 11.5 Å². The van der Waals surface area contributed by atoms with Crippen LogP contribution in [0.3, 0.4) is 0 Å². The van der Waals surface area contributed by atoms with E-state index in [0.29, 0.717) is 24.5 Å². The Labute approximate surface area is 203 Å². The first-order chi connectivity index (χ1) is 16.8. The van der Waals surface area contributed by atoms with Crippen molar-refractivity contribution in [3.8, 4) is 17.7 Å². The lowest BCUT2D eigenvalue weighted by atomic mass is 9.87. The molecule has 1 fully saturated rings. The summed E-state index contributed by atoms with van der Waals surface area (Å²) in [5, 5.41) is 12.4. The van der Waals surface area contributed by atoms with Crippen LogP contribution < -0.4 is 15.6 Å². The molecule has 1 saturated heterocycles. The lowest BCUT2D eigenvalue weighted by Gasteiger charge is -2.19. The number of rotatable bonds is 6. The Morgan fingerprint density at radius 1 is 1.29 bits per heavy atom. The molecule has 1 amide bonds. The largest absolute Gasteiger partial charge is 0.438 e. The van der Waals surface area contributed by atoms with Gasteiger partial charge in [0.15, 0.2) is 0 Å². The van der Waals surface area contributed by atoms with E-state index in [9.17, 15) is 14.9 Å². The van der Waals surface area contributed by atoms with Crippen LogP contribution in [-0.2, 0) is 14.9 Å². The molecule has 1 aliphatic heterocycles. The van der Waals surface area contributed by atoms with Crippen molar-refractivity contribution in [1.29, 1.82) is 5.26 Å². The Kier molecular flexibility index (Phi) is 6.99. The van der Waals surface area contributed by atoms with Gasteiger partial charge in [0.05, 0.1) is 6.10 Å². The van der Waals surface area contributed by atoms with Gasteiger partial charge in [0.2, 0.25) is 5.88 Å². The fourth-order valence-corrected chi connectivity index (χ4v) is 3.82. The monoisotopic (exact) mass is 472 g/mol. The van der Waals surface area contributed by atoms with Gasteiger partial charge in [-0.15, -0.1) is 0 Å². The quantitative estimate of drug-likeness (QED) is 0.430. The molecular weight excluding hydrogens is 444 g/mol. The normalized spacial score (nSPS) is 16.2. The molecule has 3 heterocycles. The van der Waals surface area contributed by atoms with E-state index in [4.69, 9.17) is 9.47 Å². The average Bonchev–Trinajstić information content (AvgIpc) is 3.36. The van der Waals surface area contributed by atoms with Gasteiger partial charge in [-0.2, -0.15) is 10.2 Å². The first-order valence-electron chi connectivity index (χ1n) is 11.6. The molecule has 0 bridgehead atoms. The standard InChI is InChI=1S/C27H28N4O4/c1-27(2,3)19-9-11-20(12-10-19)35-25-22(26(33)31-13-5-4-8-23(31)30-25)15-18(16-28)24(32)29-17-21-7-6-14-34-21/h4-5,8-13,15,21H,6-7,14,17H2,1-3H3,(H,29,32)/b18-15+/t21-/m1/s1. The number of aromatic nitrogens is 2. The maximum Gasteiger partial charge on any atom is 0.269 e. The number of nitriles is 1. The lowest BCUT2D eigenvalue weighted by Crippen LogP contribution is -2.32. The van der Waals surface area contributed by atoms with Crippen LogP contribution in [0.5, 0.6) is 11.6 Å². The molecule has 0 spiro atoms. The maximum atomic E-state index is 13.3. The van der Waals surface area contributed by atoms with E-state index in [2.05, 4.69) is 31.1 Å². The van der Waals surface area contributed by atoms with Crippen LogP contribution in [0.2, 0.25) is 0 Å². The van der Waals surface area contributed by atoms with Crippen LogP contribution in [0.25, 0.3) is 11.7 Å². The second-order valence-electron chi connectivity index (χ2n) is 9.46. The highest BCUT2D eigenvalue weighted by molar-refractivity contribution is 6.01. The zero-order valence-electron chi connectivity index (χ0n) is 20.1. The van der Waals surface area contributed by atoms with Gasteiger partial charge in [0, 0.05) is 19.3 Å². The summed E-state index contributed by atoms with van der Waals surface area (Å²) >= 11 is 0. The highest BCUT2D eigenvalue weighted by atomic mass is 16.5. The number of ether oxygens (including phenoxy) is 2. The summed E-state index contributed by atoms with van der Waals surface area (Å²) in [7, 11) is 0. The Morgan fingerprint density at radius 3 is 2.71 bits per heavy atom. The van der Waals surface area contributed by atoms with Gasteiger partial charge in [-0.05, 0) is 54.2 Å². The van der Waals surface area contributed by atoms with Gasteiger partial charge >= 0.3 is 0 Å². The van der Waals surface area contributed by atoms with Crippen LogP contribution in [0.1, 0.15) is 44.7 Å². The summed E-state index contributed by atoms with van der Waals surface area (Å²) in [6.45, 7) is 7.31. The van der Waals surface area contributed by atoms with E-state index < -0.39 is 11.5 Å². The number of carbonyl (C=O) groups excluding carboxylic acids is 1. The molecule has 1 aliphatic rings. The Morgan fingerprint density at radius 2 is 2.06 bits per heavy atom. The Hall–Kier alpha value is -3.96. The van der Waals surface area contributed by atoms with Gasteiger partial charge in [-0.25, -0.2) is 0 Å². The third-order valence-electron chi connectivity index (χ3n) is 5.84. The van der Waals surface area contributed by atoms with Crippen LogP contribution in [0, 0.1) is 11.3 Å². The maximum absolute atomic E-state index is 13.3. The number of nitrogens with one attached hydrogen (secondary N) is 1. The number of hydrogen-bond donors (Lipinski definition) is 1. The van der Waals surface area contributed by atoms with E-state index in [0.717, 1.165) is 18.4 Å². The molecule has 35 heavy (non-hydrogen) atoms. The topological polar surface area (TPSA) is 106 Å². The van der Waals surface area contributed by atoms with Crippen molar-refractivity contribution in [2.45, 2.75) is 45.1 Å². The number of nitrogens with zero attached hydrogens (tertiary/aromatic N) is 3. The second kappa shape index (κ2) is 10.1. The van der Waals surface area contributed by atoms with E-state index in [-0.39, 0.29) is 28.5 Å². The summed E-state index contributed by atoms with van der Waals surface area (Å²) < 4.78 is 12.9. The smallest absolute Gasteiger partial charge is 0.269 e. The fourth-order valence-electron chi connectivity index (χ4n) is 3.82. The van der Waals surface area contributed by atoms with Crippen LogP contribution in [-0.4, -0.2) is 34.5 Å². The number of carbonyl (C=O) groups is 1. The van der Waals surface area contributed by atoms with Gasteiger partial charge in [-0.3, -0.25) is 14.0 Å². The predicted octanol–water partition coefficient (Wildman–Crippen LogP) is 3.99. The zero-order valence-corrected chi connectivity index (χ0v) is 20.1. The van der Waals surface area contributed by atoms with Crippen molar-refractivity contribution in [2.24, 2.45) is 0 Å². The van der Waals surface area contributed by atoms with Crippen LogP contribution >= 0.6 is 0 Å². The van der Waals surface area contributed by atoms with Gasteiger partial charge < -0.3 is 14.8 Å². The van der Waals surface area contributed by atoms with Gasteiger partial charge in [-0.1, -0.05) is 39.0 Å². The summed E-state index contributed by atoms with van der Waals surface area (Å²) in [4.78, 5) is 30.5. The van der Waals surface area contributed by atoms with E-state index in [1.807, 2.05) is 30.3 Å². The molecule has 0 unspecified atom stereocenters. The highest BCUT2D eigenvalue weighted by Gasteiger charge is 2.20. The number of hydrogen-bond acceptors (Lipinski definition) is 6. The third kappa shape index (κ3) is 5.58. The highest BCUT2D eigenvalue weighted by Crippen LogP contribution is 2.28. The van der Waals surface area contributed by atoms with Crippen molar-refractivity contribution in [3.63, 3.8) is 0 Å². The molecule has 1 atom stereocenters. The third-order valence-corrected chi connectivity index (χ3v) is 5.84. The number of fused-ring (bicyclic) bond motifs is 1. The summed E-state index contributed by atoms with van der Waals surface area (Å²) in [5.41, 5.74) is 0.841. The van der Waals surface area contributed by atoms with E-state index >= 15 is 0 Å². The molecule has 180 valence electrons. The summed E-state index contributed by atoms with van der Waals surface area (Å²) in [5.74, 6) is -0.0772. The summed E-state index contributed by atoms with van der Waals surface area (Å²) in [6.07, 6.45) is 4.54. The molecule has 8 nitrogen and oxygen atoms in total. The number of pyridine rings is 1. The minimum Gasteiger partial charge on any atom is -0.438 e. The molecule has 3 aromatic rings. The SMILES string of the molecule is CC(C)(C)c1ccc(Oc2nc3ccccn3c(=O)c2/C=C(\C#N)C(=O)NC[C@H]2CCCO2)cc1. The van der Waals surface area contributed by atoms with Crippen LogP contribution in [0.4, 0.5) is 0 Å². The van der Waals surface area contributed by atoms with Crippen molar-refractivity contribution in [1.82, 2.24) is 14.7 Å². The molecule has 2 aromatic heterocycles. The fraction of sp³-hybridized carbons (Fsp3) is 0.333. The van der Waals surface area contributed by atoms with Crippen molar-refractivity contribution in [3.05, 3.63) is 75.7 Å². The molecule has 0 radical (unpaired) electrons. The molecular formula is C27H28N4O4. The first-order valence-corrected chi connectivity index (χ1v) is 11.6. The minimum absolute atomic E-state index is 0.0115. The first kappa shape index (κ1) is 24.2. The molecule has 0 aliphatic carbocycles. The molecule has 8 heteroatoms. The molecule has 1 aromatic carbocycles. The Bertz CT molecular complexity index is 1360. The molecule has 1 N–H and O–H groups in total. The average molecular weight is 473 g/mol. The lowest BCUT2D eigenvalue weighted by molar-refractivity contribution is -0.117. The van der Waals surface area contributed by atoms with Gasteiger partial charge in [0.1, 0.15) is 28.6 Å². The minimum atomic E-state index is -0.582. The van der Waals surface area contributed by atoms with Crippen LogP contribution in [0.15, 0.2) is 59.0 Å². The number of amides is 1. The number of benzene rings is 1. The van der Waals surface area contributed by atoms with Crippen molar-refractivity contribution in [2.75, 3.05) is 13.2 Å². The van der Waals surface area contributed by atoms with E-state index in [1.165, 1.54) is 10.5 Å². The zero-order chi connectivity index (χ0) is 25.0. The molecule has 0 saturated carbocycles.